The van der Waals surface area contributed by atoms with Gasteiger partial charge in [0.25, 0.3) is 0 Å². The minimum Gasteiger partial charge on any atom is -0.385 e. The van der Waals surface area contributed by atoms with E-state index in [4.69, 9.17) is 0 Å². The average Bonchev–Trinajstić information content (AvgIpc) is 2.46. The van der Waals surface area contributed by atoms with Crippen molar-refractivity contribution in [3.63, 3.8) is 0 Å². The molecule has 1 aliphatic carbocycles. The number of halogens is 1. The largest absolute Gasteiger partial charge is 0.385 e. The molecule has 0 heterocycles. The summed E-state index contributed by atoms with van der Waals surface area (Å²) in [5.41, 5.74) is 1.56. The molecule has 0 radical (unpaired) electrons. The fourth-order valence-corrected chi connectivity index (χ4v) is 2.98. The van der Waals surface area contributed by atoms with Crippen LogP contribution in [-0.4, -0.2) is 19.6 Å². The first-order valence-electron chi connectivity index (χ1n) is 8.23. The van der Waals surface area contributed by atoms with Crippen LogP contribution < -0.4 is 10.2 Å². The lowest BCUT2D eigenvalue weighted by molar-refractivity contribution is 0.300. The number of anilines is 2. The Labute approximate surface area is 128 Å². The van der Waals surface area contributed by atoms with Crippen LogP contribution in [0.5, 0.6) is 0 Å². The number of nitrogens with zero attached hydrogens (tertiary/aromatic N) is 1. The molecular weight excluding hydrogens is 263 g/mol. The predicted octanol–water partition coefficient (Wildman–Crippen LogP) is 4.91. The van der Waals surface area contributed by atoms with Gasteiger partial charge in [0.1, 0.15) is 5.82 Å². The Hall–Kier alpha value is -1.25. The van der Waals surface area contributed by atoms with Crippen LogP contribution in [-0.2, 0) is 0 Å². The second-order valence-corrected chi connectivity index (χ2v) is 6.88. The Balaban J connectivity index is 1.91. The van der Waals surface area contributed by atoms with E-state index in [1.54, 1.807) is 6.07 Å². The van der Waals surface area contributed by atoms with Crippen LogP contribution in [0, 0.1) is 17.7 Å². The lowest BCUT2D eigenvalue weighted by Gasteiger charge is -2.27. The smallest absolute Gasteiger partial charge is 0.148 e. The molecule has 1 fully saturated rings. The Bertz CT molecular complexity index is 451. The van der Waals surface area contributed by atoms with Crippen molar-refractivity contribution in [3.8, 4) is 0 Å². The van der Waals surface area contributed by atoms with Gasteiger partial charge in [0, 0.05) is 25.3 Å². The van der Waals surface area contributed by atoms with E-state index in [2.05, 4.69) is 26.1 Å². The van der Waals surface area contributed by atoms with Gasteiger partial charge in [-0.2, -0.15) is 0 Å². The Morgan fingerprint density at radius 3 is 2.48 bits per heavy atom. The summed E-state index contributed by atoms with van der Waals surface area (Å²) in [6.07, 6.45) is 5.26. The summed E-state index contributed by atoms with van der Waals surface area (Å²) in [5.74, 6) is 1.47. The molecule has 2 nitrogen and oxygen atoms in total. The molecule has 1 N–H and O–H groups in total. The molecule has 0 saturated heterocycles. The van der Waals surface area contributed by atoms with Crippen molar-refractivity contribution in [1.82, 2.24) is 0 Å². The molecule has 0 aliphatic heterocycles. The van der Waals surface area contributed by atoms with Gasteiger partial charge in [0.2, 0.25) is 0 Å². The number of benzene rings is 1. The van der Waals surface area contributed by atoms with E-state index in [-0.39, 0.29) is 5.82 Å². The van der Waals surface area contributed by atoms with Crippen molar-refractivity contribution in [3.05, 3.63) is 24.0 Å². The topological polar surface area (TPSA) is 15.3 Å². The standard InChI is InChI=1S/C18H29FN2/c1-13(2)21(4)18-10-9-16(11-17(18)19)20-12-15-7-5-14(3)6-8-15/h9-11,13-15,20H,5-8,12H2,1-4H3. The van der Waals surface area contributed by atoms with Crippen molar-refractivity contribution < 1.29 is 4.39 Å². The van der Waals surface area contributed by atoms with Gasteiger partial charge < -0.3 is 10.2 Å². The molecule has 0 aromatic heterocycles. The molecule has 21 heavy (non-hydrogen) atoms. The predicted molar refractivity (Wildman–Crippen MR) is 89.6 cm³/mol. The first-order valence-corrected chi connectivity index (χ1v) is 8.23. The summed E-state index contributed by atoms with van der Waals surface area (Å²) in [6.45, 7) is 7.43. The van der Waals surface area contributed by atoms with Gasteiger partial charge in [-0.25, -0.2) is 4.39 Å². The highest BCUT2D eigenvalue weighted by atomic mass is 19.1. The minimum absolute atomic E-state index is 0.145. The van der Waals surface area contributed by atoms with E-state index in [0.717, 1.165) is 24.1 Å². The third-order valence-electron chi connectivity index (χ3n) is 4.83. The van der Waals surface area contributed by atoms with Crippen LogP contribution in [0.3, 0.4) is 0 Å². The van der Waals surface area contributed by atoms with Crippen LogP contribution in [0.15, 0.2) is 18.2 Å². The van der Waals surface area contributed by atoms with Crippen LogP contribution in [0.4, 0.5) is 15.8 Å². The second-order valence-electron chi connectivity index (χ2n) is 6.88. The molecule has 1 saturated carbocycles. The molecule has 0 spiro atoms. The maximum Gasteiger partial charge on any atom is 0.148 e. The highest BCUT2D eigenvalue weighted by Crippen LogP contribution is 2.29. The van der Waals surface area contributed by atoms with Crippen molar-refractivity contribution in [2.45, 2.75) is 52.5 Å². The molecule has 0 atom stereocenters. The number of nitrogens with one attached hydrogen (secondary N) is 1. The molecule has 1 aromatic carbocycles. The van der Waals surface area contributed by atoms with E-state index < -0.39 is 0 Å². The summed E-state index contributed by atoms with van der Waals surface area (Å²) < 4.78 is 14.2. The number of rotatable bonds is 5. The van der Waals surface area contributed by atoms with Crippen LogP contribution in [0.1, 0.15) is 46.5 Å². The van der Waals surface area contributed by atoms with E-state index in [1.807, 2.05) is 24.1 Å². The zero-order valence-corrected chi connectivity index (χ0v) is 13.8. The van der Waals surface area contributed by atoms with E-state index >= 15 is 0 Å². The van der Waals surface area contributed by atoms with Gasteiger partial charge in [0.15, 0.2) is 0 Å². The quantitative estimate of drug-likeness (QED) is 0.829. The molecule has 1 aliphatic rings. The average molecular weight is 292 g/mol. The minimum atomic E-state index is -0.145. The summed E-state index contributed by atoms with van der Waals surface area (Å²) in [6, 6.07) is 5.78. The second kappa shape index (κ2) is 7.15. The monoisotopic (exact) mass is 292 g/mol. The Kier molecular flexibility index (Phi) is 5.49. The molecule has 1 aromatic rings. The van der Waals surface area contributed by atoms with Crippen molar-refractivity contribution >= 4 is 11.4 Å². The zero-order valence-electron chi connectivity index (χ0n) is 13.8. The van der Waals surface area contributed by atoms with Gasteiger partial charge in [-0.1, -0.05) is 19.8 Å². The van der Waals surface area contributed by atoms with Crippen molar-refractivity contribution in [1.29, 1.82) is 0 Å². The molecule has 118 valence electrons. The van der Waals surface area contributed by atoms with Crippen LogP contribution in [0.2, 0.25) is 0 Å². The lowest BCUT2D eigenvalue weighted by atomic mass is 9.83. The zero-order chi connectivity index (χ0) is 15.4. The fraction of sp³-hybridized carbons (Fsp3) is 0.667. The van der Waals surface area contributed by atoms with Crippen LogP contribution in [0.25, 0.3) is 0 Å². The Morgan fingerprint density at radius 2 is 1.90 bits per heavy atom. The third kappa shape index (κ3) is 4.36. The normalized spacial score (nSPS) is 22.4. The summed E-state index contributed by atoms with van der Waals surface area (Å²) in [7, 11) is 1.93. The molecular formula is C18H29FN2. The highest BCUT2D eigenvalue weighted by Gasteiger charge is 2.18. The maximum absolute atomic E-state index is 14.2. The molecule has 2 rings (SSSR count). The van der Waals surface area contributed by atoms with Gasteiger partial charge in [-0.05, 0) is 56.7 Å². The van der Waals surface area contributed by atoms with E-state index in [1.165, 1.54) is 25.7 Å². The van der Waals surface area contributed by atoms with Gasteiger partial charge in [0.05, 0.1) is 5.69 Å². The highest BCUT2D eigenvalue weighted by molar-refractivity contribution is 5.56. The Morgan fingerprint density at radius 1 is 1.24 bits per heavy atom. The molecule has 0 amide bonds. The third-order valence-corrected chi connectivity index (χ3v) is 4.83. The first-order chi connectivity index (χ1) is 9.97. The molecule has 3 heteroatoms. The van der Waals surface area contributed by atoms with E-state index in [0.29, 0.717) is 11.7 Å². The number of hydrogen-bond acceptors (Lipinski definition) is 2. The summed E-state index contributed by atoms with van der Waals surface area (Å²) in [5, 5.41) is 3.41. The molecule has 0 unspecified atom stereocenters. The van der Waals surface area contributed by atoms with Gasteiger partial charge in [-0.3, -0.25) is 0 Å². The summed E-state index contributed by atoms with van der Waals surface area (Å²) in [4.78, 5) is 1.96. The first kappa shape index (κ1) is 16.1. The lowest BCUT2D eigenvalue weighted by Crippen LogP contribution is -2.26. The fourth-order valence-electron chi connectivity index (χ4n) is 2.98. The summed E-state index contributed by atoms with van der Waals surface area (Å²) >= 11 is 0. The van der Waals surface area contributed by atoms with Gasteiger partial charge in [-0.15, -0.1) is 0 Å². The number of hydrogen-bond donors (Lipinski definition) is 1. The van der Waals surface area contributed by atoms with Crippen molar-refractivity contribution in [2.75, 3.05) is 23.8 Å². The molecule has 0 bridgehead atoms. The van der Waals surface area contributed by atoms with Crippen LogP contribution >= 0.6 is 0 Å². The maximum atomic E-state index is 14.2. The SMILES string of the molecule is CC1CCC(CNc2ccc(N(C)C(C)C)c(F)c2)CC1. The van der Waals surface area contributed by atoms with Crippen molar-refractivity contribution in [2.24, 2.45) is 11.8 Å². The van der Waals surface area contributed by atoms with E-state index in [9.17, 15) is 4.39 Å². The van der Waals surface area contributed by atoms with Gasteiger partial charge >= 0.3 is 0 Å².